The van der Waals surface area contributed by atoms with Crippen molar-refractivity contribution in [3.05, 3.63) is 47.3 Å². The maximum Gasteiger partial charge on any atom is 0.233 e. The molecule has 3 rings (SSSR count). The number of Topliss-reactive ketones (excluding diaryl/α,β-unsaturated/α-hetero) is 2. The van der Waals surface area contributed by atoms with E-state index in [-0.39, 0.29) is 23.7 Å². The van der Waals surface area contributed by atoms with Crippen molar-refractivity contribution in [1.29, 1.82) is 0 Å². The van der Waals surface area contributed by atoms with Gasteiger partial charge in [-0.15, -0.1) is 6.58 Å². The molecular formula is C20H24O4. The number of fused-ring (bicyclic) bond motifs is 2. The number of carbonyl (C=O) groups is 2. The Bertz CT molecular complexity index is 735. The van der Waals surface area contributed by atoms with Gasteiger partial charge in [0.05, 0.1) is 6.10 Å². The lowest BCUT2D eigenvalue weighted by Gasteiger charge is -2.54. The average molecular weight is 328 g/mol. The van der Waals surface area contributed by atoms with E-state index in [0.29, 0.717) is 24.0 Å². The largest absolute Gasteiger partial charge is 0.507 e. The standard InChI is InChI=1S/C20H24O4/c1-5-6-12-16(22)11-7-8-13-19(2,3)14(21)9-10-20(13,4)15(11)18(24)17(12)23/h5,7-8,13-14,21-22H,1,6,9-10H2,2-4H3/t13-,14?,20-/m0/s1. The maximum atomic E-state index is 12.9. The first-order chi connectivity index (χ1) is 11.2. The van der Waals surface area contributed by atoms with Crippen LogP contribution in [0.15, 0.2) is 47.3 Å². The highest BCUT2D eigenvalue weighted by molar-refractivity contribution is 6.50. The number of aliphatic hydroxyl groups is 2. The van der Waals surface area contributed by atoms with Gasteiger partial charge in [-0.1, -0.05) is 39.0 Å². The molecule has 0 aromatic carbocycles. The van der Waals surface area contributed by atoms with Crippen LogP contribution < -0.4 is 0 Å². The van der Waals surface area contributed by atoms with E-state index in [1.165, 1.54) is 6.08 Å². The Labute approximate surface area is 142 Å². The van der Waals surface area contributed by atoms with Gasteiger partial charge in [-0.2, -0.15) is 0 Å². The molecule has 1 saturated carbocycles. The van der Waals surface area contributed by atoms with Gasteiger partial charge < -0.3 is 10.2 Å². The number of aliphatic hydroxyl groups excluding tert-OH is 2. The second-order valence-corrected chi connectivity index (χ2v) is 7.90. The number of hydrogen-bond donors (Lipinski definition) is 2. The number of allylic oxidation sites excluding steroid dienone is 5. The van der Waals surface area contributed by atoms with E-state index in [4.69, 9.17) is 0 Å². The summed E-state index contributed by atoms with van der Waals surface area (Å²) in [6.07, 6.45) is 6.11. The zero-order valence-corrected chi connectivity index (χ0v) is 14.4. The van der Waals surface area contributed by atoms with Crippen LogP contribution in [-0.4, -0.2) is 27.9 Å². The summed E-state index contributed by atoms with van der Waals surface area (Å²) >= 11 is 0. The summed E-state index contributed by atoms with van der Waals surface area (Å²) in [5, 5.41) is 21.0. The van der Waals surface area contributed by atoms with Crippen molar-refractivity contribution in [3.63, 3.8) is 0 Å². The van der Waals surface area contributed by atoms with E-state index in [1.54, 1.807) is 6.08 Å². The van der Waals surface area contributed by atoms with Crippen LogP contribution in [0.1, 0.15) is 40.0 Å². The summed E-state index contributed by atoms with van der Waals surface area (Å²) in [5.41, 5.74) is 0.0162. The van der Waals surface area contributed by atoms with Gasteiger partial charge in [0.2, 0.25) is 11.6 Å². The van der Waals surface area contributed by atoms with Gasteiger partial charge in [0.25, 0.3) is 0 Å². The molecule has 0 radical (unpaired) electrons. The molecule has 1 fully saturated rings. The smallest absolute Gasteiger partial charge is 0.233 e. The minimum atomic E-state index is -0.634. The van der Waals surface area contributed by atoms with Crippen LogP contribution >= 0.6 is 0 Å². The van der Waals surface area contributed by atoms with Gasteiger partial charge in [-0.3, -0.25) is 9.59 Å². The van der Waals surface area contributed by atoms with Crippen molar-refractivity contribution in [2.45, 2.75) is 46.1 Å². The molecule has 3 aliphatic rings. The van der Waals surface area contributed by atoms with Gasteiger partial charge in [0.1, 0.15) is 5.76 Å². The van der Waals surface area contributed by atoms with E-state index in [0.717, 1.165) is 0 Å². The molecule has 0 bridgehead atoms. The first-order valence-electron chi connectivity index (χ1n) is 8.39. The highest BCUT2D eigenvalue weighted by atomic mass is 16.3. The quantitative estimate of drug-likeness (QED) is 0.464. The summed E-state index contributed by atoms with van der Waals surface area (Å²) in [6.45, 7) is 9.54. The third-order valence-corrected chi connectivity index (χ3v) is 6.18. The monoisotopic (exact) mass is 328 g/mol. The zero-order chi connectivity index (χ0) is 17.9. The summed E-state index contributed by atoms with van der Waals surface area (Å²) in [5.74, 6) is -1.33. The van der Waals surface area contributed by atoms with Crippen LogP contribution in [0, 0.1) is 16.7 Å². The fourth-order valence-electron chi connectivity index (χ4n) is 4.75. The summed E-state index contributed by atoms with van der Waals surface area (Å²) in [6, 6.07) is 0. The van der Waals surface area contributed by atoms with Gasteiger partial charge in [-0.05, 0) is 30.6 Å². The second kappa shape index (κ2) is 5.28. The molecule has 3 aliphatic carbocycles. The molecule has 128 valence electrons. The lowest BCUT2D eigenvalue weighted by Crippen LogP contribution is -2.53. The van der Waals surface area contributed by atoms with Gasteiger partial charge in [-0.25, -0.2) is 0 Å². The molecule has 0 amide bonds. The van der Waals surface area contributed by atoms with Crippen molar-refractivity contribution in [2.24, 2.45) is 16.7 Å². The predicted molar refractivity (Wildman–Crippen MR) is 91.3 cm³/mol. The van der Waals surface area contributed by atoms with Gasteiger partial charge in [0, 0.05) is 22.1 Å². The predicted octanol–water partition coefficient (Wildman–Crippen LogP) is 3.20. The molecule has 1 unspecified atom stereocenters. The summed E-state index contributed by atoms with van der Waals surface area (Å²) < 4.78 is 0. The Kier molecular flexibility index (Phi) is 3.72. The molecule has 3 atom stereocenters. The van der Waals surface area contributed by atoms with Crippen molar-refractivity contribution in [3.8, 4) is 0 Å². The molecule has 24 heavy (non-hydrogen) atoms. The summed E-state index contributed by atoms with van der Waals surface area (Å²) in [7, 11) is 0. The second-order valence-electron chi connectivity index (χ2n) is 7.90. The molecule has 4 nitrogen and oxygen atoms in total. The SMILES string of the molecule is C=CCC1=C(O)C2=C(C(=O)C1=O)[C@@]1(C)CCC(O)C(C)(C)[C@@H]1C=C2. The molecule has 0 heterocycles. The molecule has 0 saturated heterocycles. The minimum Gasteiger partial charge on any atom is -0.507 e. The molecule has 0 aromatic rings. The fourth-order valence-corrected chi connectivity index (χ4v) is 4.75. The van der Waals surface area contributed by atoms with Crippen LogP contribution in [0.3, 0.4) is 0 Å². The molecule has 0 aromatic heterocycles. The van der Waals surface area contributed by atoms with Crippen LogP contribution in [0.25, 0.3) is 0 Å². The zero-order valence-electron chi connectivity index (χ0n) is 14.4. The van der Waals surface area contributed by atoms with Gasteiger partial charge >= 0.3 is 0 Å². The Morgan fingerprint density at radius 3 is 2.58 bits per heavy atom. The summed E-state index contributed by atoms with van der Waals surface area (Å²) in [4.78, 5) is 25.4. The van der Waals surface area contributed by atoms with E-state index in [2.05, 4.69) is 6.58 Å². The lowest BCUT2D eigenvalue weighted by atomic mass is 9.50. The Balaban J connectivity index is 2.20. The minimum absolute atomic E-state index is 0.0713. The molecular weight excluding hydrogens is 304 g/mol. The topological polar surface area (TPSA) is 74.6 Å². The maximum absolute atomic E-state index is 12.9. The molecule has 0 spiro atoms. The first kappa shape index (κ1) is 16.9. The fraction of sp³-hybridized carbons (Fsp3) is 0.500. The molecule has 2 N–H and O–H groups in total. The first-order valence-corrected chi connectivity index (χ1v) is 8.39. The van der Waals surface area contributed by atoms with E-state index in [9.17, 15) is 19.8 Å². The molecule has 0 aliphatic heterocycles. The number of ketones is 2. The number of carbonyl (C=O) groups excluding carboxylic acids is 2. The van der Waals surface area contributed by atoms with Crippen LogP contribution in [0.5, 0.6) is 0 Å². The third-order valence-electron chi connectivity index (χ3n) is 6.18. The van der Waals surface area contributed by atoms with E-state index in [1.807, 2.05) is 26.8 Å². The normalized spacial score (nSPS) is 35.0. The van der Waals surface area contributed by atoms with E-state index < -0.39 is 28.5 Å². The van der Waals surface area contributed by atoms with Crippen LogP contribution in [-0.2, 0) is 9.59 Å². The Morgan fingerprint density at radius 1 is 1.29 bits per heavy atom. The lowest BCUT2D eigenvalue weighted by molar-refractivity contribution is -0.134. The van der Waals surface area contributed by atoms with Crippen molar-refractivity contribution in [2.75, 3.05) is 0 Å². The third kappa shape index (κ3) is 2.02. The van der Waals surface area contributed by atoms with Gasteiger partial charge in [0.15, 0.2) is 0 Å². The highest BCUT2D eigenvalue weighted by Crippen LogP contribution is 2.59. The van der Waals surface area contributed by atoms with Crippen molar-refractivity contribution < 1.29 is 19.8 Å². The average Bonchev–Trinajstić information content (AvgIpc) is 2.52. The van der Waals surface area contributed by atoms with Crippen LogP contribution in [0.4, 0.5) is 0 Å². The Morgan fingerprint density at radius 2 is 1.96 bits per heavy atom. The number of rotatable bonds is 2. The highest BCUT2D eigenvalue weighted by Gasteiger charge is 2.56. The Hall–Kier alpha value is -1.94. The molecule has 4 heteroatoms. The van der Waals surface area contributed by atoms with Crippen molar-refractivity contribution in [1.82, 2.24) is 0 Å². The van der Waals surface area contributed by atoms with Crippen LogP contribution in [0.2, 0.25) is 0 Å². The van der Waals surface area contributed by atoms with Crippen molar-refractivity contribution >= 4 is 11.6 Å². The number of hydrogen-bond acceptors (Lipinski definition) is 4. The van der Waals surface area contributed by atoms with E-state index >= 15 is 0 Å².